The van der Waals surface area contributed by atoms with E-state index in [0.29, 0.717) is 6.04 Å². The molecule has 3 rings (SSSR count). The van der Waals surface area contributed by atoms with Gasteiger partial charge in [0.2, 0.25) is 0 Å². The lowest BCUT2D eigenvalue weighted by Gasteiger charge is -2.30. The fourth-order valence-electron chi connectivity index (χ4n) is 3.13. The second-order valence-electron chi connectivity index (χ2n) is 5.56. The standard InChI is InChI=1S/C15H22N2O/c18-15(14-7-3-4-8-16-14)11-17-9-12-5-1-2-6-13(12)10-17/h1-2,5-6,14-16,18H,3-4,7-11H2. The number of piperidine rings is 1. The van der Waals surface area contributed by atoms with E-state index in [1.807, 2.05) is 0 Å². The Bertz CT molecular complexity index is 376. The molecule has 0 aliphatic carbocycles. The van der Waals surface area contributed by atoms with Crippen molar-refractivity contribution in [3.63, 3.8) is 0 Å². The summed E-state index contributed by atoms with van der Waals surface area (Å²) in [5.74, 6) is 0. The molecule has 3 nitrogen and oxygen atoms in total. The first-order chi connectivity index (χ1) is 8.83. The average molecular weight is 246 g/mol. The zero-order valence-electron chi connectivity index (χ0n) is 10.8. The van der Waals surface area contributed by atoms with Gasteiger partial charge in [0, 0.05) is 25.7 Å². The number of aliphatic hydroxyl groups excluding tert-OH is 1. The fraction of sp³-hybridized carbons (Fsp3) is 0.600. The second-order valence-corrected chi connectivity index (χ2v) is 5.56. The van der Waals surface area contributed by atoms with Crippen molar-refractivity contribution < 1.29 is 5.11 Å². The molecule has 0 bridgehead atoms. The van der Waals surface area contributed by atoms with E-state index < -0.39 is 0 Å². The molecule has 2 aliphatic rings. The first kappa shape index (κ1) is 12.2. The summed E-state index contributed by atoms with van der Waals surface area (Å²) in [6, 6.07) is 8.88. The zero-order chi connectivity index (χ0) is 12.4. The molecule has 0 spiro atoms. The summed E-state index contributed by atoms with van der Waals surface area (Å²) in [6.45, 7) is 3.81. The molecule has 2 unspecified atom stereocenters. The van der Waals surface area contributed by atoms with Crippen LogP contribution in [0.5, 0.6) is 0 Å². The molecule has 2 N–H and O–H groups in total. The first-order valence-corrected chi connectivity index (χ1v) is 7.03. The van der Waals surface area contributed by atoms with E-state index in [-0.39, 0.29) is 6.10 Å². The molecule has 0 amide bonds. The van der Waals surface area contributed by atoms with Gasteiger partial charge in [-0.05, 0) is 30.5 Å². The Morgan fingerprint density at radius 3 is 2.56 bits per heavy atom. The minimum absolute atomic E-state index is 0.236. The SMILES string of the molecule is OC(CN1Cc2ccccc2C1)C1CCCCN1. The molecule has 1 aromatic rings. The van der Waals surface area contributed by atoms with Crippen LogP contribution in [0.4, 0.5) is 0 Å². The molecule has 0 radical (unpaired) electrons. The molecule has 1 saturated heterocycles. The summed E-state index contributed by atoms with van der Waals surface area (Å²) < 4.78 is 0. The van der Waals surface area contributed by atoms with Crippen LogP contribution in [0, 0.1) is 0 Å². The topological polar surface area (TPSA) is 35.5 Å². The van der Waals surface area contributed by atoms with Crippen LogP contribution in [0.15, 0.2) is 24.3 Å². The zero-order valence-corrected chi connectivity index (χ0v) is 10.8. The van der Waals surface area contributed by atoms with Gasteiger partial charge in [0.25, 0.3) is 0 Å². The van der Waals surface area contributed by atoms with E-state index in [1.165, 1.54) is 24.0 Å². The molecule has 0 aromatic heterocycles. The fourth-order valence-corrected chi connectivity index (χ4v) is 3.13. The first-order valence-electron chi connectivity index (χ1n) is 7.03. The van der Waals surface area contributed by atoms with Gasteiger partial charge in [0.05, 0.1) is 6.10 Å². The third kappa shape index (κ3) is 2.58. The van der Waals surface area contributed by atoms with Crippen LogP contribution >= 0.6 is 0 Å². The third-order valence-corrected chi connectivity index (χ3v) is 4.16. The molecule has 2 heterocycles. The van der Waals surface area contributed by atoms with Crippen molar-refractivity contribution in [2.24, 2.45) is 0 Å². The normalized spacial score (nSPS) is 25.9. The Labute approximate surface area is 109 Å². The largest absolute Gasteiger partial charge is 0.390 e. The monoisotopic (exact) mass is 246 g/mol. The van der Waals surface area contributed by atoms with E-state index in [1.54, 1.807) is 0 Å². The van der Waals surface area contributed by atoms with Gasteiger partial charge in [-0.25, -0.2) is 0 Å². The van der Waals surface area contributed by atoms with Crippen LogP contribution in [0.2, 0.25) is 0 Å². The van der Waals surface area contributed by atoms with Crippen molar-refractivity contribution >= 4 is 0 Å². The highest BCUT2D eigenvalue weighted by molar-refractivity contribution is 5.30. The van der Waals surface area contributed by atoms with Gasteiger partial charge in [-0.15, -0.1) is 0 Å². The number of nitrogens with zero attached hydrogens (tertiary/aromatic N) is 1. The van der Waals surface area contributed by atoms with Gasteiger partial charge in [0.1, 0.15) is 0 Å². The van der Waals surface area contributed by atoms with Gasteiger partial charge in [-0.3, -0.25) is 4.90 Å². The van der Waals surface area contributed by atoms with Crippen molar-refractivity contribution in [3.05, 3.63) is 35.4 Å². The molecule has 3 heteroatoms. The van der Waals surface area contributed by atoms with E-state index in [4.69, 9.17) is 0 Å². The number of β-amino-alcohol motifs (C(OH)–C–C–N with tert-alkyl or cyclic N) is 1. The maximum Gasteiger partial charge on any atom is 0.0820 e. The second kappa shape index (κ2) is 5.39. The van der Waals surface area contributed by atoms with Crippen LogP contribution < -0.4 is 5.32 Å². The quantitative estimate of drug-likeness (QED) is 0.848. The summed E-state index contributed by atoms with van der Waals surface area (Å²) in [4.78, 5) is 2.35. The Hall–Kier alpha value is -0.900. The van der Waals surface area contributed by atoms with Gasteiger partial charge in [-0.1, -0.05) is 30.7 Å². The van der Waals surface area contributed by atoms with Crippen molar-refractivity contribution in [1.29, 1.82) is 0 Å². The Kier molecular flexibility index (Phi) is 3.64. The number of nitrogens with one attached hydrogen (secondary N) is 1. The Balaban J connectivity index is 1.55. The number of rotatable bonds is 3. The number of hydrogen-bond acceptors (Lipinski definition) is 3. The summed E-state index contributed by atoms with van der Waals surface area (Å²) >= 11 is 0. The van der Waals surface area contributed by atoms with Crippen molar-refractivity contribution in [2.75, 3.05) is 13.1 Å². The van der Waals surface area contributed by atoms with E-state index >= 15 is 0 Å². The summed E-state index contributed by atoms with van der Waals surface area (Å²) in [7, 11) is 0. The van der Waals surface area contributed by atoms with Gasteiger partial charge in [-0.2, -0.15) is 0 Å². The summed E-state index contributed by atoms with van der Waals surface area (Å²) in [6.07, 6.45) is 3.37. The maximum atomic E-state index is 10.3. The molecule has 98 valence electrons. The van der Waals surface area contributed by atoms with Gasteiger partial charge < -0.3 is 10.4 Å². The van der Waals surface area contributed by atoms with E-state index in [2.05, 4.69) is 34.5 Å². The van der Waals surface area contributed by atoms with Gasteiger partial charge in [0.15, 0.2) is 0 Å². The third-order valence-electron chi connectivity index (χ3n) is 4.16. The maximum absolute atomic E-state index is 10.3. The minimum Gasteiger partial charge on any atom is -0.390 e. The van der Waals surface area contributed by atoms with E-state index in [9.17, 15) is 5.11 Å². The number of hydrogen-bond donors (Lipinski definition) is 2. The smallest absolute Gasteiger partial charge is 0.0820 e. The van der Waals surface area contributed by atoms with Crippen LogP contribution in [0.3, 0.4) is 0 Å². The minimum atomic E-state index is -0.236. The molecule has 18 heavy (non-hydrogen) atoms. The van der Waals surface area contributed by atoms with Crippen LogP contribution in [-0.4, -0.2) is 35.2 Å². The van der Waals surface area contributed by atoms with E-state index in [0.717, 1.165) is 32.6 Å². The van der Waals surface area contributed by atoms with Crippen molar-refractivity contribution in [3.8, 4) is 0 Å². The predicted molar refractivity (Wildman–Crippen MR) is 72.2 cm³/mol. The van der Waals surface area contributed by atoms with Crippen LogP contribution in [0.1, 0.15) is 30.4 Å². The van der Waals surface area contributed by atoms with Crippen molar-refractivity contribution in [2.45, 2.75) is 44.5 Å². The molecule has 2 atom stereocenters. The summed E-state index contributed by atoms with van der Waals surface area (Å²) in [5, 5.41) is 13.7. The van der Waals surface area contributed by atoms with Gasteiger partial charge >= 0.3 is 0 Å². The lowest BCUT2D eigenvalue weighted by Crippen LogP contribution is -2.47. The Morgan fingerprint density at radius 1 is 1.22 bits per heavy atom. The predicted octanol–water partition coefficient (Wildman–Crippen LogP) is 1.51. The number of fused-ring (bicyclic) bond motifs is 1. The highest BCUT2D eigenvalue weighted by Crippen LogP contribution is 2.23. The molecule has 2 aliphatic heterocycles. The lowest BCUT2D eigenvalue weighted by molar-refractivity contribution is 0.0688. The van der Waals surface area contributed by atoms with Crippen LogP contribution in [-0.2, 0) is 13.1 Å². The van der Waals surface area contributed by atoms with Crippen molar-refractivity contribution in [1.82, 2.24) is 10.2 Å². The summed E-state index contributed by atoms with van der Waals surface area (Å²) in [5.41, 5.74) is 2.84. The highest BCUT2D eigenvalue weighted by atomic mass is 16.3. The highest BCUT2D eigenvalue weighted by Gasteiger charge is 2.26. The molecule has 1 fully saturated rings. The number of benzene rings is 1. The van der Waals surface area contributed by atoms with Crippen LogP contribution in [0.25, 0.3) is 0 Å². The lowest BCUT2D eigenvalue weighted by atomic mass is 9.99. The molecular formula is C15H22N2O. The Morgan fingerprint density at radius 2 is 1.94 bits per heavy atom. The molecule has 0 saturated carbocycles. The number of aliphatic hydroxyl groups is 1. The molecule has 1 aromatic carbocycles. The average Bonchev–Trinajstić information content (AvgIpc) is 2.82. The molecular weight excluding hydrogens is 224 g/mol.